The Hall–Kier alpha value is -0.680. The highest BCUT2D eigenvalue weighted by atomic mass is 32.2. The van der Waals surface area contributed by atoms with Gasteiger partial charge in [0, 0.05) is 52.2 Å². The third kappa shape index (κ3) is 3.01. The molecule has 2 fully saturated rings. The number of nitriles is 1. The van der Waals surface area contributed by atoms with Crippen LogP contribution in [-0.4, -0.2) is 67.7 Å². The molecule has 1 aliphatic carbocycles. The molecule has 102 valence electrons. The normalized spacial score (nSPS) is 23.2. The van der Waals surface area contributed by atoms with Gasteiger partial charge in [-0.25, -0.2) is 0 Å². The molecule has 0 aromatic carbocycles. The van der Waals surface area contributed by atoms with Crippen molar-refractivity contribution in [2.75, 3.05) is 39.8 Å². The maximum Gasteiger partial charge on any atom is 0.281 e. The molecule has 0 bridgehead atoms. The summed E-state index contributed by atoms with van der Waals surface area (Å²) in [6.45, 7) is 3.05. The van der Waals surface area contributed by atoms with Crippen molar-refractivity contribution < 1.29 is 8.42 Å². The molecule has 2 aliphatic rings. The Balaban J connectivity index is 1.88. The number of nitrogens with zero attached hydrogens (tertiary/aromatic N) is 4. The van der Waals surface area contributed by atoms with Gasteiger partial charge in [-0.2, -0.15) is 22.3 Å². The number of rotatable bonds is 5. The van der Waals surface area contributed by atoms with Crippen molar-refractivity contribution in [3.05, 3.63) is 0 Å². The fourth-order valence-corrected chi connectivity index (χ4v) is 3.60. The van der Waals surface area contributed by atoms with Gasteiger partial charge in [0.25, 0.3) is 10.2 Å². The van der Waals surface area contributed by atoms with Gasteiger partial charge in [-0.15, -0.1) is 0 Å². The van der Waals surface area contributed by atoms with Crippen LogP contribution in [0.15, 0.2) is 0 Å². The molecule has 1 saturated carbocycles. The average molecular weight is 272 g/mol. The Morgan fingerprint density at radius 1 is 1.28 bits per heavy atom. The SMILES string of the molecule is CN(CCC#N)S(=O)(=O)N1CCN(C2CC2)CC1. The number of hydrogen-bond donors (Lipinski definition) is 0. The zero-order chi connectivity index (χ0) is 13.2. The van der Waals surface area contributed by atoms with Crippen molar-refractivity contribution in [1.29, 1.82) is 5.26 Å². The van der Waals surface area contributed by atoms with E-state index in [1.54, 1.807) is 7.05 Å². The first kappa shape index (κ1) is 13.7. The van der Waals surface area contributed by atoms with Crippen molar-refractivity contribution in [3.8, 4) is 6.07 Å². The Bertz CT molecular complexity index is 419. The zero-order valence-corrected chi connectivity index (χ0v) is 11.6. The molecule has 2 rings (SSSR count). The van der Waals surface area contributed by atoms with Gasteiger partial charge >= 0.3 is 0 Å². The standard InChI is InChI=1S/C11H20N4O2S/c1-13(6-2-5-12)18(16,17)15-9-7-14(8-10-15)11-3-4-11/h11H,2-4,6-10H2,1H3. The maximum atomic E-state index is 12.2. The Labute approximate surface area is 109 Å². The van der Waals surface area contributed by atoms with Crippen LogP contribution in [-0.2, 0) is 10.2 Å². The second-order valence-corrected chi connectivity index (χ2v) is 6.94. The fraction of sp³-hybridized carbons (Fsp3) is 0.909. The Morgan fingerprint density at radius 2 is 1.89 bits per heavy atom. The quantitative estimate of drug-likeness (QED) is 0.698. The second-order valence-electron chi connectivity index (χ2n) is 4.90. The molecule has 0 amide bonds. The highest BCUT2D eigenvalue weighted by Gasteiger charge is 2.35. The molecule has 6 nitrogen and oxygen atoms in total. The lowest BCUT2D eigenvalue weighted by Crippen LogP contribution is -2.52. The molecule has 0 unspecified atom stereocenters. The molecule has 0 spiro atoms. The van der Waals surface area contributed by atoms with Gasteiger partial charge in [-0.1, -0.05) is 0 Å². The lowest BCUT2D eigenvalue weighted by atomic mass is 10.3. The smallest absolute Gasteiger partial charge is 0.281 e. The van der Waals surface area contributed by atoms with Crippen LogP contribution >= 0.6 is 0 Å². The average Bonchev–Trinajstić information content (AvgIpc) is 3.20. The lowest BCUT2D eigenvalue weighted by Gasteiger charge is -2.35. The minimum atomic E-state index is -3.37. The Morgan fingerprint density at radius 3 is 2.39 bits per heavy atom. The summed E-state index contributed by atoms with van der Waals surface area (Å²) in [6.07, 6.45) is 2.75. The molecule has 18 heavy (non-hydrogen) atoms. The minimum absolute atomic E-state index is 0.234. The molecule has 7 heteroatoms. The first-order chi connectivity index (χ1) is 8.55. The summed E-state index contributed by atoms with van der Waals surface area (Å²) >= 11 is 0. The van der Waals surface area contributed by atoms with Crippen molar-refractivity contribution in [3.63, 3.8) is 0 Å². The molecular formula is C11H20N4O2S. The predicted molar refractivity (Wildman–Crippen MR) is 67.9 cm³/mol. The van der Waals surface area contributed by atoms with E-state index in [9.17, 15) is 8.42 Å². The summed E-state index contributed by atoms with van der Waals surface area (Å²) in [5, 5.41) is 8.50. The van der Waals surface area contributed by atoms with Crippen LogP contribution in [0.3, 0.4) is 0 Å². The van der Waals surface area contributed by atoms with Crippen molar-refractivity contribution in [1.82, 2.24) is 13.5 Å². The van der Waals surface area contributed by atoms with E-state index in [-0.39, 0.29) is 13.0 Å². The van der Waals surface area contributed by atoms with Crippen LogP contribution in [0.1, 0.15) is 19.3 Å². The van der Waals surface area contributed by atoms with Crippen LogP contribution in [0.25, 0.3) is 0 Å². The molecular weight excluding hydrogens is 252 g/mol. The predicted octanol–water partition coefficient (Wildman–Crippen LogP) is -0.143. The van der Waals surface area contributed by atoms with Crippen LogP contribution in [0.2, 0.25) is 0 Å². The number of hydrogen-bond acceptors (Lipinski definition) is 4. The monoisotopic (exact) mass is 272 g/mol. The summed E-state index contributed by atoms with van der Waals surface area (Å²) in [4.78, 5) is 2.38. The molecule has 0 radical (unpaired) electrons. The highest BCUT2D eigenvalue weighted by molar-refractivity contribution is 7.86. The Kier molecular flexibility index (Phi) is 4.22. The van der Waals surface area contributed by atoms with Crippen molar-refractivity contribution in [2.24, 2.45) is 0 Å². The molecule has 1 saturated heterocycles. The second kappa shape index (κ2) is 5.53. The van der Waals surface area contributed by atoms with Gasteiger partial charge in [-0.05, 0) is 12.8 Å². The van der Waals surface area contributed by atoms with E-state index in [2.05, 4.69) is 4.90 Å². The lowest BCUT2D eigenvalue weighted by molar-refractivity contribution is 0.175. The van der Waals surface area contributed by atoms with E-state index < -0.39 is 10.2 Å². The third-order valence-corrected chi connectivity index (χ3v) is 5.58. The van der Waals surface area contributed by atoms with Crippen molar-refractivity contribution in [2.45, 2.75) is 25.3 Å². The highest BCUT2D eigenvalue weighted by Crippen LogP contribution is 2.28. The van der Waals surface area contributed by atoms with E-state index in [4.69, 9.17) is 5.26 Å². The van der Waals surface area contributed by atoms with Gasteiger partial charge in [0.2, 0.25) is 0 Å². The van der Waals surface area contributed by atoms with Crippen LogP contribution in [0.5, 0.6) is 0 Å². The van der Waals surface area contributed by atoms with Gasteiger partial charge in [-0.3, -0.25) is 4.90 Å². The molecule has 0 aromatic rings. The van der Waals surface area contributed by atoms with E-state index in [0.29, 0.717) is 19.1 Å². The van der Waals surface area contributed by atoms with E-state index in [1.807, 2.05) is 6.07 Å². The summed E-state index contributed by atoms with van der Waals surface area (Å²) in [6, 6.07) is 2.67. The molecule has 1 heterocycles. The van der Waals surface area contributed by atoms with E-state index in [0.717, 1.165) is 13.1 Å². The largest absolute Gasteiger partial charge is 0.298 e. The first-order valence-electron chi connectivity index (χ1n) is 6.38. The summed E-state index contributed by atoms with van der Waals surface area (Å²) in [5.41, 5.74) is 0. The zero-order valence-electron chi connectivity index (χ0n) is 10.7. The molecule has 0 aromatic heterocycles. The maximum absolute atomic E-state index is 12.2. The summed E-state index contributed by atoms with van der Waals surface area (Å²) in [5.74, 6) is 0. The van der Waals surface area contributed by atoms with Crippen LogP contribution < -0.4 is 0 Å². The summed E-state index contributed by atoms with van der Waals surface area (Å²) < 4.78 is 27.2. The fourth-order valence-electron chi connectivity index (χ4n) is 2.26. The summed E-state index contributed by atoms with van der Waals surface area (Å²) in [7, 11) is -1.83. The van der Waals surface area contributed by atoms with Gasteiger partial charge < -0.3 is 0 Å². The first-order valence-corrected chi connectivity index (χ1v) is 7.78. The van der Waals surface area contributed by atoms with Crippen LogP contribution in [0.4, 0.5) is 0 Å². The van der Waals surface area contributed by atoms with Gasteiger partial charge in [0.05, 0.1) is 6.07 Å². The minimum Gasteiger partial charge on any atom is -0.298 e. The molecule has 1 aliphatic heterocycles. The van der Waals surface area contributed by atoms with Gasteiger partial charge in [0.15, 0.2) is 0 Å². The molecule has 0 atom stereocenters. The number of piperazine rings is 1. The van der Waals surface area contributed by atoms with Crippen molar-refractivity contribution >= 4 is 10.2 Å². The van der Waals surface area contributed by atoms with E-state index >= 15 is 0 Å². The molecule has 0 N–H and O–H groups in total. The third-order valence-electron chi connectivity index (χ3n) is 3.60. The topological polar surface area (TPSA) is 67.6 Å². The van der Waals surface area contributed by atoms with E-state index in [1.165, 1.54) is 21.5 Å². The van der Waals surface area contributed by atoms with Gasteiger partial charge in [0.1, 0.15) is 0 Å². The van der Waals surface area contributed by atoms with Crippen LogP contribution in [0, 0.1) is 11.3 Å².